The smallest absolute Gasteiger partial charge is 0.336 e. The molecule has 0 radical (unpaired) electrons. The average molecular weight is 529 g/mol. The monoisotopic (exact) mass is 528 g/mol. The molecule has 2 aliphatic carbocycles. The Labute approximate surface area is 217 Å². The Morgan fingerprint density at radius 1 is 1.16 bits per heavy atom. The molecule has 10 heteroatoms. The summed E-state index contributed by atoms with van der Waals surface area (Å²) in [5, 5.41) is 11.8. The third-order valence-electron chi connectivity index (χ3n) is 7.48. The topological polar surface area (TPSA) is 86.1 Å². The maximum Gasteiger partial charge on any atom is 0.417 e. The molecule has 0 bridgehead atoms. The second-order valence-electron chi connectivity index (χ2n) is 10.6. The molecule has 1 aliphatic heterocycles. The molecule has 2 heterocycles. The van der Waals surface area contributed by atoms with Crippen LogP contribution in [0.4, 0.5) is 13.2 Å². The van der Waals surface area contributed by atoms with E-state index in [1.807, 2.05) is 6.92 Å². The Hall–Kier alpha value is -3.06. The molecule has 0 spiro atoms. The fraction of sp³-hybridized carbons (Fsp3) is 0.481. The Balaban J connectivity index is 1.40. The normalized spacial score (nSPS) is 23.3. The van der Waals surface area contributed by atoms with Gasteiger partial charge in [-0.1, -0.05) is 13.0 Å². The average Bonchev–Trinajstić information content (AvgIpc) is 3.76. The van der Waals surface area contributed by atoms with E-state index >= 15 is 0 Å². The standard InChI is InChI=1S/C27H27F3N4O2S/c1-16-11-18(5-10-32-16)17-3-4-22(20(12-17)27(28,29)30)37-19-13-21(23(35)33-26(15-31)8-9-26)34(14-19)24(36)25(2)6-7-25/h3-5,10-12,19,21H,6-9,13-14H2,1-2H3,(H,33,35)/t19-,21+/m1/s1. The van der Waals surface area contributed by atoms with Crippen LogP contribution in [-0.2, 0) is 15.8 Å². The first kappa shape index (κ1) is 25.6. The van der Waals surface area contributed by atoms with Crippen molar-refractivity contribution in [1.82, 2.24) is 15.2 Å². The zero-order chi connectivity index (χ0) is 26.6. The molecule has 3 aliphatic rings. The summed E-state index contributed by atoms with van der Waals surface area (Å²) in [6.07, 6.45) is -0.210. The van der Waals surface area contributed by atoms with Crippen molar-refractivity contribution in [3.05, 3.63) is 47.8 Å². The number of nitriles is 1. The summed E-state index contributed by atoms with van der Waals surface area (Å²) in [4.78, 5) is 32.1. The highest BCUT2D eigenvalue weighted by molar-refractivity contribution is 8.00. The van der Waals surface area contributed by atoms with Crippen LogP contribution in [0.2, 0.25) is 0 Å². The molecular formula is C27H27F3N4O2S. The highest BCUT2D eigenvalue weighted by Crippen LogP contribution is 2.49. The first-order valence-corrected chi connectivity index (χ1v) is 13.2. The van der Waals surface area contributed by atoms with Crippen LogP contribution in [0.15, 0.2) is 41.4 Å². The molecule has 2 atom stereocenters. The second kappa shape index (κ2) is 9.05. The summed E-state index contributed by atoms with van der Waals surface area (Å²) >= 11 is 1.05. The molecule has 1 aromatic heterocycles. The summed E-state index contributed by atoms with van der Waals surface area (Å²) in [6.45, 7) is 3.81. The van der Waals surface area contributed by atoms with Crippen LogP contribution in [0, 0.1) is 23.7 Å². The van der Waals surface area contributed by atoms with Crippen LogP contribution in [0.25, 0.3) is 11.1 Å². The van der Waals surface area contributed by atoms with Gasteiger partial charge in [0, 0.05) is 34.0 Å². The van der Waals surface area contributed by atoms with Crippen LogP contribution < -0.4 is 5.32 Å². The quantitative estimate of drug-likeness (QED) is 0.563. The third-order valence-corrected chi connectivity index (χ3v) is 8.76. The van der Waals surface area contributed by atoms with E-state index in [9.17, 15) is 28.0 Å². The first-order valence-electron chi connectivity index (χ1n) is 12.3. The number of carbonyl (C=O) groups is 2. The molecule has 1 N–H and O–H groups in total. The van der Waals surface area contributed by atoms with Gasteiger partial charge in [0.05, 0.1) is 11.6 Å². The van der Waals surface area contributed by atoms with E-state index in [0.29, 0.717) is 29.7 Å². The van der Waals surface area contributed by atoms with E-state index in [1.54, 1.807) is 31.3 Å². The number of pyridine rings is 1. The number of aromatic nitrogens is 1. The van der Waals surface area contributed by atoms with Crippen molar-refractivity contribution in [2.24, 2.45) is 5.41 Å². The molecule has 2 amide bonds. The predicted octanol–water partition coefficient (Wildman–Crippen LogP) is 5.11. The molecule has 2 aromatic rings. The SMILES string of the molecule is Cc1cc(-c2ccc(S[C@@H]3C[C@@H](C(=O)NC4(C#N)CC4)N(C(=O)C4(C)CC4)C3)c(C(F)(F)F)c2)ccn1. The number of nitrogens with one attached hydrogen (secondary N) is 1. The van der Waals surface area contributed by atoms with Crippen molar-refractivity contribution in [1.29, 1.82) is 5.26 Å². The Morgan fingerprint density at radius 2 is 1.86 bits per heavy atom. The predicted molar refractivity (Wildman–Crippen MR) is 132 cm³/mol. The van der Waals surface area contributed by atoms with E-state index in [2.05, 4.69) is 16.4 Å². The van der Waals surface area contributed by atoms with Crippen molar-refractivity contribution in [3.63, 3.8) is 0 Å². The zero-order valence-electron chi connectivity index (χ0n) is 20.6. The molecule has 2 saturated carbocycles. The van der Waals surface area contributed by atoms with E-state index in [-0.39, 0.29) is 23.8 Å². The Kier molecular flexibility index (Phi) is 6.26. The Bertz CT molecular complexity index is 1300. The van der Waals surface area contributed by atoms with Gasteiger partial charge in [-0.05, 0) is 74.4 Å². The van der Waals surface area contributed by atoms with E-state index < -0.39 is 39.9 Å². The molecule has 1 aromatic carbocycles. The number of aryl methyl sites for hydroxylation is 1. The van der Waals surface area contributed by atoms with Crippen LogP contribution in [-0.4, -0.2) is 45.1 Å². The maximum absolute atomic E-state index is 14.1. The number of benzene rings is 1. The number of amides is 2. The van der Waals surface area contributed by atoms with Gasteiger partial charge in [-0.3, -0.25) is 14.6 Å². The number of likely N-dealkylation sites (tertiary alicyclic amines) is 1. The molecule has 6 nitrogen and oxygen atoms in total. The molecular weight excluding hydrogens is 501 g/mol. The lowest BCUT2D eigenvalue weighted by atomic mass is 10.0. The van der Waals surface area contributed by atoms with Crippen molar-refractivity contribution < 1.29 is 22.8 Å². The van der Waals surface area contributed by atoms with Gasteiger partial charge >= 0.3 is 6.18 Å². The van der Waals surface area contributed by atoms with E-state index in [0.717, 1.165) is 30.7 Å². The molecule has 37 heavy (non-hydrogen) atoms. The number of rotatable bonds is 6. The lowest BCUT2D eigenvalue weighted by Gasteiger charge is -2.27. The van der Waals surface area contributed by atoms with Gasteiger partial charge in [-0.15, -0.1) is 11.8 Å². The van der Waals surface area contributed by atoms with Crippen molar-refractivity contribution >= 4 is 23.6 Å². The van der Waals surface area contributed by atoms with E-state index in [4.69, 9.17) is 0 Å². The number of thioether (sulfide) groups is 1. The lowest BCUT2D eigenvalue weighted by molar-refractivity contribution is -0.142. The van der Waals surface area contributed by atoms with Crippen LogP contribution in [0.3, 0.4) is 0 Å². The molecule has 3 fully saturated rings. The number of alkyl halides is 3. The van der Waals surface area contributed by atoms with Gasteiger partial charge in [0.15, 0.2) is 0 Å². The number of hydrogen-bond donors (Lipinski definition) is 1. The molecule has 0 unspecified atom stereocenters. The number of halogens is 3. The van der Waals surface area contributed by atoms with Crippen LogP contribution in [0.1, 0.15) is 50.3 Å². The van der Waals surface area contributed by atoms with Gasteiger partial charge < -0.3 is 10.2 Å². The van der Waals surface area contributed by atoms with Crippen molar-refractivity contribution in [3.8, 4) is 17.2 Å². The summed E-state index contributed by atoms with van der Waals surface area (Å²) in [5.74, 6) is -0.545. The fourth-order valence-electron chi connectivity index (χ4n) is 4.75. The lowest BCUT2D eigenvalue weighted by Crippen LogP contribution is -2.50. The summed E-state index contributed by atoms with van der Waals surface area (Å²) < 4.78 is 42.4. The number of hydrogen-bond acceptors (Lipinski definition) is 5. The molecule has 5 rings (SSSR count). The maximum atomic E-state index is 14.1. The van der Waals surface area contributed by atoms with Crippen molar-refractivity contribution in [2.45, 2.75) is 73.9 Å². The zero-order valence-corrected chi connectivity index (χ0v) is 21.4. The van der Waals surface area contributed by atoms with Crippen molar-refractivity contribution in [2.75, 3.05) is 6.54 Å². The molecule has 1 saturated heterocycles. The van der Waals surface area contributed by atoms with Gasteiger partial charge in [-0.2, -0.15) is 18.4 Å². The van der Waals surface area contributed by atoms with Gasteiger partial charge in [0.25, 0.3) is 0 Å². The minimum Gasteiger partial charge on any atom is -0.336 e. The molecule has 194 valence electrons. The second-order valence-corrected chi connectivity index (χ2v) is 11.9. The Morgan fingerprint density at radius 3 is 2.46 bits per heavy atom. The first-order chi connectivity index (χ1) is 17.4. The van der Waals surface area contributed by atoms with Gasteiger partial charge in [-0.25, -0.2) is 0 Å². The highest BCUT2D eigenvalue weighted by atomic mass is 32.2. The fourth-order valence-corrected chi connectivity index (χ4v) is 6.07. The summed E-state index contributed by atoms with van der Waals surface area (Å²) in [5.41, 5.74) is -0.357. The number of carbonyl (C=O) groups excluding carboxylic acids is 2. The number of nitrogens with zero attached hydrogens (tertiary/aromatic N) is 3. The minimum absolute atomic E-state index is 0.0637. The van der Waals surface area contributed by atoms with Gasteiger partial charge in [0.2, 0.25) is 11.8 Å². The summed E-state index contributed by atoms with van der Waals surface area (Å²) in [7, 11) is 0. The highest BCUT2D eigenvalue weighted by Gasteiger charge is 2.53. The summed E-state index contributed by atoms with van der Waals surface area (Å²) in [6, 6.07) is 8.99. The van der Waals surface area contributed by atoms with Crippen LogP contribution >= 0.6 is 11.8 Å². The third kappa shape index (κ3) is 5.19. The van der Waals surface area contributed by atoms with E-state index in [1.165, 1.54) is 11.0 Å². The van der Waals surface area contributed by atoms with Gasteiger partial charge in [0.1, 0.15) is 11.6 Å². The minimum atomic E-state index is -4.57. The largest absolute Gasteiger partial charge is 0.417 e. The van der Waals surface area contributed by atoms with Crippen LogP contribution in [0.5, 0.6) is 0 Å².